The second-order valence-corrected chi connectivity index (χ2v) is 7.60. The highest BCUT2D eigenvalue weighted by molar-refractivity contribution is 7.90. The number of nitrogens with one attached hydrogen (secondary N) is 1. The van der Waals surface area contributed by atoms with E-state index in [1.165, 1.54) is 31.9 Å². The van der Waals surface area contributed by atoms with E-state index in [2.05, 4.69) is 12.2 Å². The Bertz CT molecular complexity index is 507. The van der Waals surface area contributed by atoms with E-state index in [0.29, 0.717) is 10.9 Å². The van der Waals surface area contributed by atoms with Gasteiger partial charge in [-0.1, -0.05) is 25.5 Å². The van der Waals surface area contributed by atoms with E-state index in [4.69, 9.17) is 0 Å². The van der Waals surface area contributed by atoms with Crippen molar-refractivity contribution in [3.05, 3.63) is 29.8 Å². The molecule has 1 fully saturated rings. The highest BCUT2D eigenvalue weighted by Crippen LogP contribution is 2.28. The van der Waals surface area contributed by atoms with Crippen LogP contribution in [-0.4, -0.2) is 20.7 Å². The van der Waals surface area contributed by atoms with Gasteiger partial charge in [-0.3, -0.25) is 0 Å². The molecule has 0 spiro atoms. The van der Waals surface area contributed by atoms with Crippen LogP contribution in [0.15, 0.2) is 29.2 Å². The van der Waals surface area contributed by atoms with Crippen molar-refractivity contribution in [1.29, 1.82) is 0 Å². The highest BCUT2D eigenvalue weighted by atomic mass is 32.2. The molecule has 0 amide bonds. The first-order chi connectivity index (χ1) is 8.99. The Kier molecular flexibility index (Phi) is 4.63. The summed E-state index contributed by atoms with van der Waals surface area (Å²) in [5.74, 6) is 0.880. The number of sulfone groups is 1. The molecule has 0 saturated heterocycles. The third-order valence-corrected chi connectivity index (χ3v) is 5.19. The summed E-state index contributed by atoms with van der Waals surface area (Å²) in [5.41, 5.74) is 1.15. The predicted molar refractivity (Wildman–Crippen MR) is 77.8 cm³/mol. The molecule has 1 aliphatic carbocycles. The molecule has 2 unspecified atom stereocenters. The minimum atomic E-state index is -3.08. The number of hydrogen-bond donors (Lipinski definition) is 1. The molecule has 3 nitrogen and oxygen atoms in total. The van der Waals surface area contributed by atoms with Gasteiger partial charge >= 0.3 is 0 Å². The lowest BCUT2D eigenvalue weighted by molar-refractivity contribution is 0.476. The summed E-state index contributed by atoms with van der Waals surface area (Å²) in [7, 11) is -3.08. The van der Waals surface area contributed by atoms with Crippen LogP contribution >= 0.6 is 0 Å². The van der Waals surface area contributed by atoms with Crippen LogP contribution in [0.5, 0.6) is 0 Å². The van der Waals surface area contributed by atoms with Crippen LogP contribution in [0, 0.1) is 5.92 Å². The summed E-state index contributed by atoms with van der Waals surface area (Å²) in [6.07, 6.45) is 6.39. The van der Waals surface area contributed by atoms with E-state index in [1.807, 2.05) is 12.1 Å². The normalized spacial score (nSPS) is 23.7. The lowest BCUT2D eigenvalue weighted by Gasteiger charge is -2.13. The van der Waals surface area contributed by atoms with Crippen LogP contribution in [0.2, 0.25) is 0 Å². The molecule has 1 aliphatic rings. The topological polar surface area (TPSA) is 46.2 Å². The maximum Gasteiger partial charge on any atom is 0.175 e. The fourth-order valence-electron chi connectivity index (χ4n) is 2.75. The molecule has 0 bridgehead atoms. The van der Waals surface area contributed by atoms with Gasteiger partial charge in [0.25, 0.3) is 0 Å². The molecule has 1 saturated carbocycles. The standard InChI is InChI=1S/C15H23NO2S/c1-3-12-4-7-14(10-12)16-11-13-5-8-15(9-6-13)19(2,17)18/h5-6,8-9,12,14,16H,3-4,7,10-11H2,1-2H3. The van der Waals surface area contributed by atoms with Crippen molar-refractivity contribution in [1.82, 2.24) is 5.32 Å². The SMILES string of the molecule is CCC1CCC(NCc2ccc(S(C)(=O)=O)cc2)C1. The molecule has 1 N–H and O–H groups in total. The number of hydrogen-bond acceptors (Lipinski definition) is 3. The van der Waals surface area contributed by atoms with Crippen LogP contribution < -0.4 is 5.32 Å². The lowest BCUT2D eigenvalue weighted by atomic mass is 10.1. The fourth-order valence-corrected chi connectivity index (χ4v) is 3.38. The van der Waals surface area contributed by atoms with E-state index in [-0.39, 0.29) is 0 Å². The van der Waals surface area contributed by atoms with Gasteiger partial charge in [-0.25, -0.2) is 8.42 Å². The zero-order chi connectivity index (χ0) is 13.9. The van der Waals surface area contributed by atoms with Crippen molar-refractivity contribution >= 4 is 9.84 Å². The Morgan fingerprint density at radius 1 is 1.21 bits per heavy atom. The molecule has 2 atom stereocenters. The fraction of sp³-hybridized carbons (Fsp3) is 0.600. The summed E-state index contributed by atoms with van der Waals surface area (Å²) >= 11 is 0. The first-order valence-corrected chi connectivity index (χ1v) is 8.90. The zero-order valence-corrected chi connectivity index (χ0v) is 12.5. The van der Waals surface area contributed by atoms with Crippen LogP contribution in [0.4, 0.5) is 0 Å². The summed E-state index contributed by atoms with van der Waals surface area (Å²) in [5, 5.41) is 3.57. The quantitative estimate of drug-likeness (QED) is 0.902. The number of rotatable bonds is 5. The van der Waals surface area contributed by atoms with Crippen molar-refractivity contribution in [2.24, 2.45) is 5.92 Å². The molecular weight excluding hydrogens is 258 g/mol. The Hall–Kier alpha value is -0.870. The molecule has 19 heavy (non-hydrogen) atoms. The van der Waals surface area contributed by atoms with Gasteiger partial charge in [0.05, 0.1) is 4.90 Å². The summed E-state index contributed by atoms with van der Waals surface area (Å²) in [4.78, 5) is 0.392. The molecule has 0 aromatic heterocycles. The molecule has 106 valence electrons. The van der Waals surface area contributed by atoms with Crippen molar-refractivity contribution in [2.75, 3.05) is 6.26 Å². The number of benzene rings is 1. The first kappa shape index (κ1) is 14.5. The minimum Gasteiger partial charge on any atom is -0.310 e. The molecule has 4 heteroatoms. The predicted octanol–water partition coefficient (Wildman–Crippen LogP) is 2.76. The van der Waals surface area contributed by atoms with Gasteiger partial charge in [-0.05, 0) is 42.9 Å². The van der Waals surface area contributed by atoms with Crippen molar-refractivity contribution in [3.63, 3.8) is 0 Å². The molecule has 1 aromatic carbocycles. The van der Waals surface area contributed by atoms with Gasteiger partial charge in [0.1, 0.15) is 0 Å². The van der Waals surface area contributed by atoms with E-state index >= 15 is 0 Å². The van der Waals surface area contributed by atoms with Gasteiger partial charge < -0.3 is 5.32 Å². The Morgan fingerprint density at radius 3 is 2.42 bits per heavy atom. The van der Waals surface area contributed by atoms with E-state index in [9.17, 15) is 8.42 Å². The Morgan fingerprint density at radius 2 is 1.89 bits per heavy atom. The molecule has 2 rings (SSSR count). The van der Waals surface area contributed by atoms with Crippen LogP contribution in [0.1, 0.15) is 38.2 Å². The average molecular weight is 281 g/mol. The molecular formula is C15H23NO2S. The summed E-state index contributed by atoms with van der Waals surface area (Å²) in [6.45, 7) is 3.09. The van der Waals surface area contributed by atoms with E-state index < -0.39 is 9.84 Å². The van der Waals surface area contributed by atoms with E-state index in [1.54, 1.807) is 12.1 Å². The highest BCUT2D eigenvalue weighted by Gasteiger charge is 2.22. The van der Waals surface area contributed by atoms with Gasteiger partial charge in [-0.15, -0.1) is 0 Å². The zero-order valence-electron chi connectivity index (χ0n) is 11.7. The summed E-state index contributed by atoms with van der Waals surface area (Å²) in [6, 6.07) is 7.80. The van der Waals surface area contributed by atoms with E-state index in [0.717, 1.165) is 18.0 Å². The Balaban J connectivity index is 1.87. The molecule has 0 radical (unpaired) electrons. The molecule has 0 aliphatic heterocycles. The largest absolute Gasteiger partial charge is 0.310 e. The van der Waals surface area contributed by atoms with Crippen molar-refractivity contribution < 1.29 is 8.42 Å². The average Bonchev–Trinajstić information content (AvgIpc) is 2.84. The van der Waals surface area contributed by atoms with Crippen LogP contribution in [0.25, 0.3) is 0 Å². The molecule has 1 aromatic rings. The van der Waals surface area contributed by atoms with Crippen molar-refractivity contribution in [2.45, 2.75) is 50.1 Å². The van der Waals surface area contributed by atoms with Crippen LogP contribution in [-0.2, 0) is 16.4 Å². The van der Waals surface area contributed by atoms with Crippen LogP contribution in [0.3, 0.4) is 0 Å². The second kappa shape index (κ2) is 6.06. The monoisotopic (exact) mass is 281 g/mol. The maximum atomic E-state index is 11.4. The van der Waals surface area contributed by atoms with Gasteiger partial charge in [0, 0.05) is 18.8 Å². The van der Waals surface area contributed by atoms with Crippen molar-refractivity contribution in [3.8, 4) is 0 Å². The first-order valence-electron chi connectivity index (χ1n) is 7.01. The van der Waals surface area contributed by atoms with Gasteiger partial charge in [0.2, 0.25) is 0 Å². The minimum absolute atomic E-state index is 0.392. The third-order valence-electron chi connectivity index (χ3n) is 4.06. The lowest BCUT2D eigenvalue weighted by Crippen LogP contribution is -2.25. The smallest absolute Gasteiger partial charge is 0.175 e. The Labute approximate surface area is 116 Å². The third kappa shape index (κ3) is 4.05. The maximum absolute atomic E-state index is 11.4. The van der Waals surface area contributed by atoms with Gasteiger partial charge in [-0.2, -0.15) is 0 Å². The van der Waals surface area contributed by atoms with Gasteiger partial charge in [0.15, 0.2) is 9.84 Å². The summed E-state index contributed by atoms with van der Waals surface area (Å²) < 4.78 is 22.7. The second-order valence-electron chi connectivity index (χ2n) is 5.58. The molecule has 0 heterocycles.